The normalized spacial score (nSPS) is 15.9. The summed E-state index contributed by atoms with van der Waals surface area (Å²) < 4.78 is 0. The smallest absolute Gasteiger partial charge is 0.136 e. The van der Waals surface area contributed by atoms with E-state index in [1.165, 1.54) is 12.8 Å². The molecule has 0 unspecified atom stereocenters. The molecule has 0 saturated carbocycles. The first kappa shape index (κ1) is 9.46. The largest absolute Gasteiger partial charge is 0.508 e. The predicted octanol–water partition coefficient (Wildman–Crippen LogP) is 2.54. The van der Waals surface area contributed by atoms with Gasteiger partial charge >= 0.3 is 0 Å². The minimum atomic E-state index is 0.311. The molecule has 0 amide bonds. The molecule has 0 atom stereocenters. The molecule has 1 aliphatic heterocycles. The molecular formula is C13H14N2O. The number of hydrogen-bond donors (Lipinski definition) is 1. The Hall–Kier alpha value is -1.77. The number of phenols is 1. The highest BCUT2D eigenvalue weighted by Gasteiger charge is 2.15. The van der Waals surface area contributed by atoms with Gasteiger partial charge in [-0.05, 0) is 42.5 Å². The monoisotopic (exact) mass is 214 g/mol. The van der Waals surface area contributed by atoms with Gasteiger partial charge < -0.3 is 10.0 Å². The van der Waals surface area contributed by atoms with Crippen molar-refractivity contribution in [3.05, 3.63) is 30.5 Å². The van der Waals surface area contributed by atoms with Crippen molar-refractivity contribution in [3.63, 3.8) is 0 Å². The van der Waals surface area contributed by atoms with Crippen molar-refractivity contribution in [2.24, 2.45) is 0 Å². The Bertz CT molecular complexity index is 518. The lowest BCUT2D eigenvalue weighted by Gasteiger charge is -2.18. The van der Waals surface area contributed by atoms with E-state index in [2.05, 4.69) is 9.88 Å². The van der Waals surface area contributed by atoms with E-state index in [0.717, 1.165) is 29.7 Å². The van der Waals surface area contributed by atoms with Gasteiger partial charge in [0.05, 0.1) is 0 Å². The lowest BCUT2D eigenvalue weighted by Crippen LogP contribution is -2.19. The average Bonchev–Trinajstić information content (AvgIpc) is 2.81. The zero-order valence-electron chi connectivity index (χ0n) is 9.06. The summed E-state index contributed by atoms with van der Waals surface area (Å²) in [5, 5.41) is 11.6. The molecule has 3 heteroatoms. The van der Waals surface area contributed by atoms with Crippen LogP contribution in [0, 0.1) is 0 Å². The number of benzene rings is 1. The van der Waals surface area contributed by atoms with Crippen molar-refractivity contribution in [1.82, 2.24) is 4.98 Å². The third-order valence-electron chi connectivity index (χ3n) is 3.13. The van der Waals surface area contributed by atoms with Crippen LogP contribution in [0.1, 0.15) is 12.8 Å². The molecule has 1 aliphatic rings. The number of rotatable bonds is 1. The Morgan fingerprint density at radius 3 is 2.75 bits per heavy atom. The van der Waals surface area contributed by atoms with Gasteiger partial charge in [-0.15, -0.1) is 0 Å². The first-order chi connectivity index (χ1) is 7.84. The van der Waals surface area contributed by atoms with Crippen LogP contribution in [0.3, 0.4) is 0 Å². The molecule has 82 valence electrons. The van der Waals surface area contributed by atoms with Crippen LogP contribution in [-0.2, 0) is 0 Å². The van der Waals surface area contributed by atoms with E-state index in [-0.39, 0.29) is 0 Å². The van der Waals surface area contributed by atoms with E-state index < -0.39 is 0 Å². The van der Waals surface area contributed by atoms with Gasteiger partial charge in [-0.1, -0.05) is 0 Å². The van der Waals surface area contributed by atoms with Crippen LogP contribution in [0.2, 0.25) is 0 Å². The summed E-state index contributed by atoms with van der Waals surface area (Å²) in [6.45, 7) is 2.18. The molecule has 1 aromatic heterocycles. The zero-order valence-corrected chi connectivity index (χ0v) is 9.06. The van der Waals surface area contributed by atoms with E-state index in [1.807, 2.05) is 18.3 Å². The molecule has 3 rings (SSSR count). The van der Waals surface area contributed by atoms with Gasteiger partial charge in [0.25, 0.3) is 0 Å². The van der Waals surface area contributed by atoms with Gasteiger partial charge in [0.1, 0.15) is 11.6 Å². The quantitative estimate of drug-likeness (QED) is 0.792. The van der Waals surface area contributed by atoms with Crippen molar-refractivity contribution < 1.29 is 5.11 Å². The minimum Gasteiger partial charge on any atom is -0.508 e. The molecule has 3 nitrogen and oxygen atoms in total. The number of hydrogen-bond acceptors (Lipinski definition) is 3. The van der Waals surface area contributed by atoms with E-state index in [0.29, 0.717) is 5.75 Å². The summed E-state index contributed by atoms with van der Waals surface area (Å²) in [5.74, 6) is 1.36. The van der Waals surface area contributed by atoms with E-state index in [1.54, 1.807) is 12.1 Å². The molecule has 16 heavy (non-hydrogen) atoms. The summed E-state index contributed by atoms with van der Waals surface area (Å²) in [4.78, 5) is 6.78. The van der Waals surface area contributed by atoms with Crippen LogP contribution >= 0.6 is 0 Å². The zero-order chi connectivity index (χ0) is 11.0. The summed E-state index contributed by atoms with van der Waals surface area (Å²) >= 11 is 0. The Kier molecular flexibility index (Phi) is 2.17. The van der Waals surface area contributed by atoms with Crippen LogP contribution in [0.5, 0.6) is 5.75 Å². The number of pyridine rings is 1. The van der Waals surface area contributed by atoms with Crippen molar-refractivity contribution in [2.75, 3.05) is 18.0 Å². The fourth-order valence-electron chi connectivity index (χ4n) is 2.33. The molecule has 0 aliphatic carbocycles. The maximum absolute atomic E-state index is 9.45. The van der Waals surface area contributed by atoms with Crippen LogP contribution in [-0.4, -0.2) is 23.2 Å². The summed E-state index contributed by atoms with van der Waals surface area (Å²) in [7, 11) is 0. The Labute approximate surface area is 94.3 Å². The Morgan fingerprint density at radius 2 is 1.94 bits per heavy atom. The van der Waals surface area contributed by atoms with Crippen LogP contribution in [0.25, 0.3) is 10.8 Å². The van der Waals surface area contributed by atoms with E-state index >= 15 is 0 Å². The second-order valence-electron chi connectivity index (χ2n) is 4.23. The molecule has 1 fully saturated rings. The highest BCUT2D eigenvalue weighted by molar-refractivity contribution is 5.93. The van der Waals surface area contributed by atoms with Crippen molar-refractivity contribution in [1.29, 1.82) is 0 Å². The summed E-state index contributed by atoms with van der Waals surface area (Å²) in [5.41, 5.74) is 0. The molecule has 0 bridgehead atoms. The third kappa shape index (κ3) is 1.48. The maximum Gasteiger partial charge on any atom is 0.136 e. The molecule has 1 saturated heterocycles. The van der Waals surface area contributed by atoms with Crippen LogP contribution in [0.15, 0.2) is 30.5 Å². The summed E-state index contributed by atoms with van der Waals surface area (Å²) in [6, 6.07) is 7.40. The van der Waals surface area contributed by atoms with Crippen molar-refractivity contribution >= 4 is 16.6 Å². The van der Waals surface area contributed by atoms with Gasteiger partial charge in [-0.25, -0.2) is 4.98 Å². The first-order valence-corrected chi connectivity index (χ1v) is 5.67. The second-order valence-corrected chi connectivity index (χ2v) is 4.23. The number of anilines is 1. The van der Waals surface area contributed by atoms with Crippen LogP contribution in [0.4, 0.5) is 5.82 Å². The first-order valence-electron chi connectivity index (χ1n) is 5.67. The molecule has 2 aromatic rings. The second kappa shape index (κ2) is 3.67. The van der Waals surface area contributed by atoms with Gasteiger partial charge in [0.15, 0.2) is 0 Å². The molecule has 2 heterocycles. The van der Waals surface area contributed by atoms with Gasteiger partial charge in [-0.2, -0.15) is 0 Å². The third-order valence-corrected chi connectivity index (χ3v) is 3.13. The van der Waals surface area contributed by atoms with Crippen molar-refractivity contribution in [3.8, 4) is 5.75 Å². The van der Waals surface area contributed by atoms with E-state index in [9.17, 15) is 5.11 Å². The predicted molar refractivity (Wildman–Crippen MR) is 64.9 cm³/mol. The molecule has 1 aromatic carbocycles. The number of aromatic hydroxyl groups is 1. The standard InChI is InChI=1S/C13H14N2O/c16-11-3-4-12-10(9-11)5-6-14-13(12)15-7-1-2-8-15/h3-6,9,16H,1-2,7-8H2. The van der Waals surface area contributed by atoms with Gasteiger partial charge in [0.2, 0.25) is 0 Å². The fourth-order valence-corrected chi connectivity index (χ4v) is 2.33. The number of aromatic nitrogens is 1. The summed E-state index contributed by atoms with van der Waals surface area (Å²) in [6.07, 6.45) is 4.31. The highest BCUT2D eigenvalue weighted by atomic mass is 16.3. The highest BCUT2D eigenvalue weighted by Crippen LogP contribution is 2.29. The maximum atomic E-state index is 9.45. The number of phenolic OH excluding ortho intramolecular Hbond substituents is 1. The van der Waals surface area contributed by atoms with Gasteiger partial charge in [0, 0.05) is 24.7 Å². The number of fused-ring (bicyclic) bond motifs is 1. The van der Waals surface area contributed by atoms with Crippen molar-refractivity contribution in [2.45, 2.75) is 12.8 Å². The lowest BCUT2D eigenvalue weighted by molar-refractivity contribution is 0.476. The lowest BCUT2D eigenvalue weighted by atomic mass is 10.1. The fraction of sp³-hybridized carbons (Fsp3) is 0.308. The molecule has 0 radical (unpaired) electrons. The van der Waals surface area contributed by atoms with Crippen LogP contribution < -0.4 is 4.90 Å². The number of nitrogens with zero attached hydrogens (tertiary/aromatic N) is 2. The molecular weight excluding hydrogens is 200 g/mol. The van der Waals surface area contributed by atoms with E-state index in [4.69, 9.17) is 0 Å². The molecule has 0 spiro atoms. The Balaban J connectivity index is 2.16. The average molecular weight is 214 g/mol. The molecule has 1 N–H and O–H groups in total. The Morgan fingerprint density at radius 1 is 1.12 bits per heavy atom. The minimum absolute atomic E-state index is 0.311. The SMILES string of the molecule is Oc1ccc2c(N3CCCC3)nccc2c1. The topological polar surface area (TPSA) is 36.4 Å². The van der Waals surface area contributed by atoms with Gasteiger partial charge in [-0.3, -0.25) is 0 Å².